The van der Waals surface area contributed by atoms with Gasteiger partial charge in [0.05, 0.1) is 7.05 Å². The molecule has 0 aromatic carbocycles. The Morgan fingerprint density at radius 2 is 2.08 bits per heavy atom. The van der Waals surface area contributed by atoms with Crippen molar-refractivity contribution < 1.29 is 4.92 Å². The highest BCUT2D eigenvalue weighted by molar-refractivity contribution is 8.06. The van der Waals surface area contributed by atoms with E-state index in [1.54, 1.807) is 7.05 Å². The maximum absolute atomic E-state index is 11.0. The molecule has 10 nitrogen and oxygen atoms in total. The minimum atomic E-state index is -0.419. The van der Waals surface area contributed by atoms with Crippen LogP contribution in [0.1, 0.15) is 12.2 Å². The van der Waals surface area contributed by atoms with Crippen LogP contribution in [0.5, 0.6) is 0 Å². The number of nitrogens with zero attached hydrogens (tertiary/aromatic N) is 7. The van der Waals surface area contributed by atoms with Crippen molar-refractivity contribution in [3.63, 3.8) is 0 Å². The summed E-state index contributed by atoms with van der Waals surface area (Å²) in [6.07, 6.45) is 4.33. The summed E-state index contributed by atoms with van der Waals surface area (Å²) in [6.45, 7) is 6.22. The lowest BCUT2D eigenvalue weighted by molar-refractivity contribution is -0.391. The first kappa shape index (κ1) is 19.1. The molecule has 1 N–H and O–H groups in total. The van der Waals surface area contributed by atoms with Gasteiger partial charge >= 0.3 is 5.82 Å². The van der Waals surface area contributed by atoms with E-state index in [2.05, 4.69) is 39.3 Å². The fourth-order valence-electron chi connectivity index (χ4n) is 3.06. The van der Waals surface area contributed by atoms with Crippen LogP contribution in [0.3, 0.4) is 0 Å². The van der Waals surface area contributed by atoms with Gasteiger partial charge in [-0.3, -0.25) is 0 Å². The molecule has 1 aromatic rings. The Morgan fingerprint density at radius 1 is 1.35 bits per heavy atom. The molecule has 0 atom stereocenters. The monoisotopic (exact) mass is 382 g/mol. The van der Waals surface area contributed by atoms with Gasteiger partial charge in [-0.05, 0) is 38.5 Å². The summed E-state index contributed by atoms with van der Waals surface area (Å²) in [7, 11) is 5.88. The molecule has 0 spiro atoms. The smallest absolute Gasteiger partial charge is 0.342 e. The maximum atomic E-state index is 11.0. The third-order valence-electron chi connectivity index (χ3n) is 4.55. The van der Waals surface area contributed by atoms with Gasteiger partial charge in [0.25, 0.3) is 0 Å². The molecule has 2 aliphatic heterocycles. The summed E-state index contributed by atoms with van der Waals surface area (Å²) in [5.41, 5.74) is 3.23. The Bertz CT molecular complexity index is 669. The van der Waals surface area contributed by atoms with E-state index < -0.39 is 4.92 Å². The lowest BCUT2D eigenvalue weighted by Gasteiger charge is -2.38. The van der Waals surface area contributed by atoms with Gasteiger partial charge < -0.3 is 25.3 Å². The lowest BCUT2D eigenvalue weighted by atomic mass is 10.3. The highest BCUT2D eigenvalue weighted by atomic mass is 32.2. The molecule has 1 aromatic heterocycles. The molecule has 0 bridgehead atoms. The molecule has 1 fully saturated rings. The molecular weight excluding hydrogens is 356 g/mol. The molecule has 0 saturated carbocycles. The minimum Gasteiger partial charge on any atom is -0.358 e. The summed E-state index contributed by atoms with van der Waals surface area (Å²) in [5, 5.41) is 13.2. The van der Waals surface area contributed by atoms with Gasteiger partial charge in [0.2, 0.25) is 5.82 Å². The summed E-state index contributed by atoms with van der Waals surface area (Å²) in [6, 6.07) is 0. The van der Waals surface area contributed by atoms with Crippen molar-refractivity contribution in [2.75, 3.05) is 53.4 Å². The largest absolute Gasteiger partial charge is 0.358 e. The molecule has 2 aliphatic rings. The summed E-state index contributed by atoms with van der Waals surface area (Å²) < 4.78 is 3.50. The highest BCUT2D eigenvalue weighted by Crippen LogP contribution is 2.34. The second-order valence-electron chi connectivity index (χ2n) is 6.71. The van der Waals surface area contributed by atoms with E-state index in [-0.39, 0.29) is 5.82 Å². The van der Waals surface area contributed by atoms with E-state index in [0.717, 1.165) is 44.2 Å². The Hall–Kier alpha value is -1.66. The van der Waals surface area contributed by atoms with Gasteiger partial charge in [-0.2, -0.15) is 0 Å². The zero-order chi connectivity index (χ0) is 18.7. The van der Waals surface area contributed by atoms with Crippen molar-refractivity contribution in [1.82, 2.24) is 34.3 Å². The first-order chi connectivity index (χ1) is 12.5. The zero-order valence-corrected chi connectivity index (χ0v) is 16.3. The molecule has 3 heterocycles. The fraction of sp³-hybridized carbons (Fsp3) is 0.667. The van der Waals surface area contributed by atoms with Gasteiger partial charge in [-0.25, -0.2) is 14.6 Å². The first-order valence-corrected chi connectivity index (χ1v) is 9.46. The van der Waals surface area contributed by atoms with E-state index in [4.69, 9.17) is 0 Å². The average molecular weight is 382 g/mol. The van der Waals surface area contributed by atoms with Crippen LogP contribution in [-0.4, -0.2) is 87.2 Å². The van der Waals surface area contributed by atoms with Gasteiger partial charge in [0.1, 0.15) is 11.1 Å². The Morgan fingerprint density at radius 3 is 2.69 bits per heavy atom. The number of hydrogen-bond acceptors (Lipinski definition) is 9. The minimum absolute atomic E-state index is 0.00807. The topological polar surface area (TPSA) is 85.9 Å². The van der Waals surface area contributed by atoms with Crippen LogP contribution in [0.25, 0.3) is 4.91 Å². The zero-order valence-electron chi connectivity index (χ0n) is 15.5. The second kappa shape index (κ2) is 8.35. The molecule has 0 unspecified atom stereocenters. The molecule has 0 radical (unpaired) electrons. The maximum Gasteiger partial charge on any atom is 0.342 e. The van der Waals surface area contributed by atoms with Crippen LogP contribution < -0.4 is 5.43 Å². The Kier molecular flexibility index (Phi) is 6.14. The predicted molar refractivity (Wildman–Crippen MR) is 102 cm³/mol. The van der Waals surface area contributed by atoms with Gasteiger partial charge in [-0.15, -0.1) is 0 Å². The Labute approximate surface area is 157 Å². The van der Waals surface area contributed by atoms with Crippen molar-refractivity contribution in [2.24, 2.45) is 7.05 Å². The van der Waals surface area contributed by atoms with Crippen LogP contribution in [-0.2, 0) is 7.05 Å². The molecule has 1 saturated heterocycles. The summed E-state index contributed by atoms with van der Waals surface area (Å²) in [5.74, 6) is 0.588. The van der Waals surface area contributed by atoms with Crippen molar-refractivity contribution in [3.05, 3.63) is 28.3 Å². The van der Waals surface area contributed by atoms with E-state index in [9.17, 15) is 10.1 Å². The molecule has 26 heavy (non-hydrogen) atoms. The average Bonchev–Trinajstić information content (AvgIpc) is 3.21. The van der Waals surface area contributed by atoms with E-state index in [0.29, 0.717) is 5.82 Å². The number of nitrogens with one attached hydrogen (secondary N) is 1. The van der Waals surface area contributed by atoms with Crippen molar-refractivity contribution in [1.29, 1.82) is 0 Å². The molecule has 3 rings (SSSR count). The summed E-state index contributed by atoms with van der Waals surface area (Å²) >= 11 is 1.51. The summed E-state index contributed by atoms with van der Waals surface area (Å²) in [4.78, 5) is 20.3. The van der Waals surface area contributed by atoms with Crippen LogP contribution in [0, 0.1) is 10.1 Å². The number of rotatable bonds is 7. The van der Waals surface area contributed by atoms with Crippen LogP contribution >= 0.6 is 11.9 Å². The SMILES string of the molecule is CN(C)CCCN1CCN(N2NC=C(c3ncc([N+](=O)[O-])n3C)S2)CC1. The highest BCUT2D eigenvalue weighted by Gasteiger charge is 2.30. The van der Waals surface area contributed by atoms with Crippen molar-refractivity contribution in [2.45, 2.75) is 6.42 Å². The Balaban J connectivity index is 1.48. The molecular formula is C15H26N8O2S. The van der Waals surface area contributed by atoms with Crippen molar-refractivity contribution in [3.8, 4) is 0 Å². The van der Waals surface area contributed by atoms with E-state index >= 15 is 0 Å². The second-order valence-corrected chi connectivity index (χ2v) is 7.68. The number of imidazole rings is 1. The number of hydrogen-bond donors (Lipinski definition) is 1. The third-order valence-corrected chi connectivity index (χ3v) is 5.55. The molecule has 11 heteroatoms. The van der Waals surface area contributed by atoms with Gasteiger partial charge in [-0.1, -0.05) is 4.52 Å². The normalized spacial score (nSPS) is 19.8. The number of piperazine rings is 1. The van der Waals surface area contributed by atoms with E-state index in [1.165, 1.54) is 29.1 Å². The quantitative estimate of drug-likeness (QED) is 0.413. The molecule has 144 valence electrons. The number of nitro groups is 1. The first-order valence-electron chi connectivity index (χ1n) is 8.68. The lowest BCUT2D eigenvalue weighted by Crippen LogP contribution is -2.53. The van der Waals surface area contributed by atoms with Gasteiger partial charge in [0, 0.05) is 44.3 Å². The molecule has 0 amide bonds. The van der Waals surface area contributed by atoms with E-state index in [1.807, 2.05) is 10.7 Å². The fourth-order valence-corrected chi connectivity index (χ4v) is 4.00. The predicted octanol–water partition coefficient (Wildman–Crippen LogP) is 0.579. The third kappa shape index (κ3) is 4.35. The van der Waals surface area contributed by atoms with Crippen LogP contribution in [0.2, 0.25) is 0 Å². The number of hydrazine groups is 2. The molecule has 0 aliphatic carbocycles. The number of aromatic nitrogens is 2. The van der Waals surface area contributed by atoms with Gasteiger partial charge in [0.15, 0.2) is 0 Å². The van der Waals surface area contributed by atoms with Crippen LogP contribution in [0.15, 0.2) is 12.4 Å². The van der Waals surface area contributed by atoms with Crippen molar-refractivity contribution >= 4 is 22.7 Å². The standard InChI is InChI=1S/C15H26N8O2S/c1-18(2)5-4-6-20-7-9-21(10-8-20)23-17-11-13(26-23)15-16-12-14(19(15)3)22(24)25/h11-12,17H,4-10H2,1-3H3. The van der Waals surface area contributed by atoms with Crippen LogP contribution in [0.4, 0.5) is 5.82 Å².